The molecule has 1 N–H and O–H groups in total. The van der Waals surface area contributed by atoms with Crippen molar-refractivity contribution >= 4 is 18.2 Å². The monoisotopic (exact) mass is 242 g/mol. The smallest absolute Gasteiger partial charge is 0.225 e. The number of nitrogens with zero attached hydrogens (tertiary/aromatic N) is 3. The van der Waals surface area contributed by atoms with E-state index in [0.29, 0.717) is 22.8 Å². The second-order valence-electron chi connectivity index (χ2n) is 4.89. The molecule has 1 aromatic rings. The number of aromatic amines is 1. The van der Waals surface area contributed by atoms with E-state index in [4.69, 9.17) is 12.2 Å². The minimum Gasteiger partial charge on any atom is -0.341 e. The molecule has 1 unspecified atom stereocenters. The summed E-state index contributed by atoms with van der Waals surface area (Å²) in [4.78, 5) is 2.18. The topological polar surface area (TPSA) is 36.9 Å². The predicted molar refractivity (Wildman–Crippen MR) is 70.5 cm³/mol. The molecule has 5 heteroatoms. The molecule has 0 spiro atoms. The molecule has 0 saturated carbocycles. The van der Waals surface area contributed by atoms with Crippen LogP contribution in [0.5, 0.6) is 0 Å². The van der Waals surface area contributed by atoms with Gasteiger partial charge in [0.05, 0.1) is 0 Å². The number of nitrogens with one attached hydrogen (secondary N) is 1. The Labute approximate surface area is 103 Å². The van der Waals surface area contributed by atoms with Crippen LogP contribution in [0.15, 0.2) is 0 Å². The summed E-state index contributed by atoms with van der Waals surface area (Å²) < 4.78 is 2.74. The molecule has 0 aromatic carbocycles. The van der Waals surface area contributed by atoms with Crippen LogP contribution in [-0.4, -0.2) is 27.9 Å². The van der Waals surface area contributed by atoms with Crippen LogP contribution in [0, 0.1) is 10.7 Å². The summed E-state index contributed by atoms with van der Waals surface area (Å²) in [7, 11) is 2.06. The summed E-state index contributed by atoms with van der Waals surface area (Å²) in [5, 5.41) is 7.18. The first-order valence-electron chi connectivity index (χ1n) is 5.76. The summed E-state index contributed by atoms with van der Waals surface area (Å²) in [6, 6.07) is 0.755. The maximum Gasteiger partial charge on any atom is 0.225 e. The lowest BCUT2D eigenvalue weighted by Gasteiger charge is -2.29. The highest BCUT2D eigenvalue weighted by Gasteiger charge is 2.19. The van der Waals surface area contributed by atoms with Crippen molar-refractivity contribution in [2.75, 3.05) is 11.9 Å². The van der Waals surface area contributed by atoms with Gasteiger partial charge in [0.2, 0.25) is 5.95 Å². The van der Waals surface area contributed by atoms with Gasteiger partial charge < -0.3 is 4.90 Å². The van der Waals surface area contributed by atoms with Crippen molar-refractivity contribution in [1.29, 1.82) is 0 Å². The molecular formula is C11H22N4S. The van der Waals surface area contributed by atoms with Gasteiger partial charge in [0.1, 0.15) is 0 Å². The van der Waals surface area contributed by atoms with Crippen molar-refractivity contribution in [2.45, 2.75) is 46.7 Å². The number of aromatic nitrogens is 3. The first-order valence-corrected chi connectivity index (χ1v) is 6.16. The summed E-state index contributed by atoms with van der Waals surface area (Å²) >= 11 is 5.24. The molecule has 0 fully saturated rings. The lowest BCUT2D eigenvalue weighted by Crippen LogP contribution is -2.35. The van der Waals surface area contributed by atoms with E-state index in [-0.39, 0.29) is 0 Å². The quantitative estimate of drug-likeness (QED) is 0.825. The van der Waals surface area contributed by atoms with Crippen LogP contribution in [0.1, 0.15) is 40.7 Å². The fourth-order valence-corrected chi connectivity index (χ4v) is 1.98. The van der Waals surface area contributed by atoms with E-state index in [0.717, 1.165) is 5.95 Å². The van der Waals surface area contributed by atoms with Gasteiger partial charge in [-0.1, -0.05) is 13.8 Å². The van der Waals surface area contributed by atoms with Gasteiger partial charge in [-0.2, -0.15) is 0 Å². The Kier molecular flexibility index (Phi) is 4.13. The molecule has 0 saturated heterocycles. The molecule has 0 bridgehead atoms. The molecule has 16 heavy (non-hydrogen) atoms. The number of anilines is 1. The number of H-pyrrole nitrogens is 1. The second-order valence-corrected chi connectivity index (χ2v) is 5.27. The highest BCUT2D eigenvalue weighted by molar-refractivity contribution is 7.71. The highest BCUT2D eigenvalue weighted by Crippen LogP contribution is 2.20. The molecule has 1 atom stereocenters. The minimum atomic E-state index is 0.322. The third kappa shape index (κ3) is 2.45. The van der Waals surface area contributed by atoms with E-state index in [2.05, 4.69) is 56.8 Å². The Hall–Kier alpha value is -0.840. The van der Waals surface area contributed by atoms with Gasteiger partial charge >= 0.3 is 0 Å². The number of hydrogen-bond acceptors (Lipinski definition) is 3. The van der Waals surface area contributed by atoms with Crippen molar-refractivity contribution in [1.82, 2.24) is 14.8 Å². The summed E-state index contributed by atoms with van der Waals surface area (Å²) in [6.07, 6.45) is 0. The third-order valence-electron chi connectivity index (χ3n) is 3.09. The van der Waals surface area contributed by atoms with Gasteiger partial charge in [-0.25, -0.2) is 5.10 Å². The van der Waals surface area contributed by atoms with Crippen molar-refractivity contribution in [3.05, 3.63) is 4.77 Å². The molecular weight excluding hydrogens is 220 g/mol. The maximum atomic E-state index is 5.24. The molecule has 1 rings (SSSR count). The largest absolute Gasteiger partial charge is 0.341 e. The average Bonchev–Trinajstić information content (AvgIpc) is 2.57. The van der Waals surface area contributed by atoms with Gasteiger partial charge in [-0.15, -0.1) is 5.10 Å². The van der Waals surface area contributed by atoms with Gasteiger partial charge in [0.25, 0.3) is 0 Å². The Bertz CT molecular complexity index is 391. The van der Waals surface area contributed by atoms with Crippen LogP contribution in [0.3, 0.4) is 0 Å². The van der Waals surface area contributed by atoms with Crippen LogP contribution in [0.2, 0.25) is 0 Å². The van der Waals surface area contributed by atoms with Crippen LogP contribution in [-0.2, 0) is 0 Å². The van der Waals surface area contributed by atoms with Crippen molar-refractivity contribution in [2.24, 2.45) is 5.92 Å². The Morgan fingerprint density at radius 2 is 1.81 bits per heavy atom. The van der Waals surface area contributed by atoms with Crippen LogP contribution in [0.25, 0.3) is 0 Å². The van der Waals surface area contributed by atoms with Gasteiger partial charge in [-0.3, -0.25) is 4.57 Å². The fourth-order valence-electron chi connectivity index (χ4n) is 1.64. The normalized spacial score (nSPS) is 13.5. The summed E-state index contributed by atoms with van der Waals surface area (Å²) in [5.41, 5.74) is 0. The molecule has 92 valence electrons. The van der Waals surface area contributed by atoms with Gasteiger partial charge in [0, 0.05) is 19.1 Å². The fraction of sp³-hybridized carbons (Fsp3) is 0.818. The van der Waals surface area contributed by atoms with Gasteiger partial charge in [-0.05, 0) is 38.9 Å². The van der Waals surface area contributed by atoms with Gasteiger partial charge in [0.15, 0.2) is 4.77 Å². The van der Waals surface area contributed by atoms with E-state index in [9.17, 15) is 0 Å². The molecule has 1 heterocycles. The molecule has 1 aromatic heterocycles. The zero-order valence-electron chi connectivity index (χ0n) is 11.0. The van der Waals surface area contributed by atoms with Crippen molar-refractivity contribution in [3.63, 3.8) is 0 Å². The van der Waals surface area contributed by atoms with Crippen molar-refractivity contribution < 1.29 is 0 Å². The van der Waals surface area contributed by atoms with E-state index in [1.54, 1.807) is 0 Å². The standard InChI is InChI=1S/C11H22N4S/c1-7(2)9(5)14(6)10-12-13-11(16)15(10)8(3)4/h7-9H,1-6H3,(H,13,16). The van der Waals surface area contributed by atoms with E-state index in [1.165, 1.54) is 0 Å². The SMILES string of the molecule is CC(C)C(C)N(C)c1n[nH]c(=S)n1C(C)C. The van der Waals surface area contributed by atoms with E-state index in [1.807, 2.05) is 4.57 Å². The minimum absolute atomic E-state index is 0.322. The Morgan fingerprint density at radius 3 is 2.25 bits per heavy atom. The molecule has 0 aliphatic rings. The first kappa shape index (κ1) is 13.2. The third-order valence-corrected chi connectivity index (χ3v) is 3.38. The zero-order chi connectivity index (χ0) is 12.5. The van der Waals surface area contributed by atoms with Crippen LogP contribution >= 0.6 is 12.2 Å². The highest BCUT2D eigenvalue weighted by atomic mass is 32.1. The number of rotatable bonds is 4. The maximum absolute atomic E-state index is 5.24. The van der Waals surface area contributed by atoms with Crippen LogP contribution < -0.4 is 4.90 Å². The predicted octanol–water partition coefficient (Wildman–Crippen LogP) is 3.00. The summed E-state index contributed by atoms with van der Waals surface area (Å²) in [5.74, 6) is 1.50. The first-order chi connectivity index (χ1) is 7.36. The van der Waals surface area contributed by atoms with E-state index < -0.39 is 0 Å². The average molecular weight is 242 g/mol. The molecule has 4 nitrogen and oxygen atoms in total. The van der Waals surface area contributed by atoms with E-state index >= 15 is 0 Å². The molecule has 0 aliphatic carbocycles. The Balaban J connectivity index is 3.09. The molecule has 0 radical (unpaired) electrons. The molecule has 0 aliphatic heterocycles. The zero-order valence-corrected chi connectivity index (χ0v) is 11.8. The Morgan fingerprint density at radius 1 is 1.25 bits per heavy atom. The second kappa shape index (κ2) is 4.99. The molecule has 0 amide bonds. The lowest BCUT2D eigenvalue weighted by molar-refractivity contribution is 0.484. The number of hydrogen-bond donors (Lipinski definition) is 1. The van der Waals surface area contributed by atoms with Crippen molar-refractivity contribution in [3.8, 4) is 0 Å². The van der Waals surface area contributed by atoms with Crippen LogP contribution in [0.4, 0.5) is 5.95 Å². The lowest BCUT2D eigenvalue weighted by atomic mass is 10.1. The summed E-state index contributed by atoms with van der Waals surface area (Å²) in [6.45, 7) is 10.8.